The van der Waals surface area contributed by atoms with Crippen molar-refractivity contribution in [2.75, 3.05) is 27.2 Å². The average Bonchev–Trinajstić information content (AvgIpc) is 2.88. The van der Waals surface area contributed by atoms with Crippen LogP contribution >= 0.6 is 11.6 Å². The van der Waals surface area contributed by atoms with Crippen molar-refractivity contribution >= 4 is 34.4 Å². The zero-order valence-electron chi connectivity index (χ0n) is 12.7. The van der Waals surface area contributed by atoms with Crippen molar-refractivity contribution in [2.45, 2.75) is 6.42 Å². The van der Waals surface area contributed by atoms with Gasteiger partial charge in [0.05, 0.1) is 0 Å². The van der Waals surface area contributed by atoms with Crippen LogP contribution in [0.1, 0.15) is 16.9 Å². The first kappa shape index (κ1) is 16.3. The number of benzene rings is 1. The fourth-order valence-corrected chi connectivity index (χ4v) is 2.48. The van der Waals surface area contributed by atoms with Crippen molar-refractivity contribution in [1.82, 2.24) is 14.8 Å². The number of rotatable bonds is 5. The van der Waals surface area contributed by atoms with Crippen LogP contribution in [0.15, 0.2) is 24.3 Å². The van der Waals surface area contributed by atoms with Crippen LogP contribution in [-0.4, -0.2) is 53.8 Å². The number of amides is 1. The van der Waals surface area contributed by atoms with Gasteiger partial charge in [-0.15, -0.1) is 0 Å². The van der Waals surface area contributed by atoms with Crippen LogP contribution < -0.4 is 5.73 Å². The molecular formula is C15H20ClN5O. The number of hydrogen-bond acceptors (Lipinski definition) is 3. The fraction of sp³-hybridized carbons (Fsp3) is 0.333. The topological polar surface area (TPSA) is 89.2 Å². The third-order valence-electron chi connectivity index (χ3n) is 3.36. The molecule has 22 heavy (non-hydrogen) atoms. The smallest absolute Gasteiger partial charge is 0.276 e. The first-order chi connectivity index (χ1) is 10.4. The molecular weight excluding hydrogens is 302 g/mol. The molecule has 2 aromatic rings. The second-order valence-corrected chi connectivity index (χ2v) is 5.79. The summed E-state index contributed by atoms with van der Waals surface area (Å²) in [5.41, 5.74) is 6.71. The van der Waals surface area contributed by atoms with Crippen molar-refractivity contribution in [2.24, 2.45) is 5.73 Å². The molecule has 0 bridgehead atoms. The van der Waals surface area contributed by atoms with Crippen LogP contribution in [0.5, 0.6) is 0 Å². The first-order valence-corrected chi connectivity index (χ1v) is 7.36. The van der Waals surface area contributed by atoms with Crippen molar-refractivity contribution < 1.29 is 4.79 Å². The van der Waals surface area contributed by atoms with Gasteiger partial charge in [-0.1, -0.05) is 17.7 Å². The van der Waals surface area contributed by atoms with E-state index in [4.69, 9.17) is 22.7 Å². The molecule has 0 saturated heterocycles. The minimum absolute atomic E-state index is 0.256. The van der Waals surface area contributed by atoms with Crippen molar-refractivity contribution in [1.29, 1.82) is 5.41 Å². The number of nitrogens with zero attached hydrogens (tertiary/aromatic N) is 2. The number of H-pyrrole nitrogens is 1. The summed E-state index contributed by atoms with van der Waals surface area (Å²) in [6.45, 7) is 1.21. The van der Waals surface area contributed by atoms with E-state index in [9.17, 15) is 4.79 Å². The Morgan fingerprint density at radius 2 is 2.09 bits per heavy atom. The second-order valence-electron chi connectivity index (χ2n) is 5.38. The lowest BCUT2D eigenvalue weighted by Crippen LogP contribution is -2.42. The molecule has 1 amide bonds. The zero-order valence-corrected chi connectivity index (χ0v) is 13.4. The van der Waals surface area contributed by atoms with Crippen molar-refractivity contribution in [3.8, 4) is 0 Å². The van der Waals surface area contributed by atoms with Gasteiger partial charge in [0.15, 0.2) is 5.96 Å². The third-order valence-corrected chi connectivity index (χ3v) is 3.69. The Morgan fingerprint density at radius 3 is 2.68 bits per heavy atom. The van der Waals surface area contributed by atoms with Crippen LogP contribution in [0.4, 0.5) is 0 Å². The lowest BCUT2D eigenvalue weighted by atomic mass is 10.2. The van der Waals surface area contributed by atoms with Gasteiger partial charge in [-0.05, 0) is 45.3 Å². The maximum absolute atomic E-state index is 12.6. The quantitative estimate of drug-likeness (QED) is 0.582. The molecule has 0 fully saturated rings. The average molecular weight is 322 g/mol. The molecule has 0 aliphatic rings. The highest BCUT2D eigenvalue weighted by Crippen LogP contribution is 2.24. The van der Waals surface area contributed by atoms with E-state index in [1.165, 1.54) is 4.90 Å². The summed E-state index contributed by atoms with van der Waals surface area (Å²) in [6.07, 6.45) is 0.735. The van der Waals surface area contributed by atoms with E-state index in [0.717, 1.165) is 23.9 Å². The second kappa shape index (κ2) is 6.81. The Balaban J connectivity index is 2.21. The van der Waals surface area contributed by atoms with Gasteiger partial charge in [-0.2, -0.15) is 0 Å². The number of halogens is 1. The van der Waals surface area contributed by atoms with Gasteiger partial charge in [0.25, 0.3) is 5.91 Å². The predicted molar refractivity (Wildman–Crippen MR) is 89.4 cm³/mol. The van der Waals surface area contributed by atoms with Gasteiger partial charge in [0, 0.05) is 22.5 Å². The highest BCUT2D eigenvalue weighted by atomic mass is 35.5. The lowest BCUT2D eigenvalue weighted by Gasteiger charge is -2.21. The molecule has 7 heteroatoms. The van der Waals surface area contributed by atoms with E-state index in [2.05, 4.69) is 4.98 Å². The van der Waals surface area contributed by atoms with Crippen LogP contribution in [0, 0.1) is 5.41 Å². The summed E-state index contributed by atoms with van der Waals surface area (Å²) in [7, 11) is 3.92. The summed E-state index contributed by atoms with van der Waals surface area (Å²) in [4.78, 5) is 18.9. The summed E-state index contributed by atoms with van der Waals surface area (Å²) < 4.78 is 0. The number of hydrogen-bond donors (Lipinski definition) is 3. The molecule has 118 valence electrons. The molecule has 0 unspecified atom stereocenters. The number of carbonyl (C=O) groups excluding carboxylic acids is 1. The Hall–Kier alpha value is -2.05. The summed E-state index contributed by atoms with van der Waals surface area (Å²) >= 11 is 6.12. The number of aromatic nitrogens is 1. The Bertz CT molecular complexity index is 694. The summed E-state index contributed by atoms with van der Waals surface area (Å²) in [5, 5.41) is 8.98. The van der Waals surface area contributed by atoms with Gasteiger partial charge in [-0.3, -0.25) is 15.1 Å². The van der Waals surface area contributed by atoms with E-state index in [1.807, 2.05) is 31.1 Å². The van der Waals surface area contributed by atoms with E-state index in [1.54, 1.807) is 12.1 Å². The van der Waals surface area contributed by atoms with Gasteiger partial charge in [0.1, 0.15) is 5.69 Å². The molecule has 1 aromatic carbocycles. The number of aromatic amines is 1. The Morgan fingerprint density at radius 1 is 1.36 bits per heavy atom. The molecule has 6 nitrogen and oxygen atoms in total. The number of nitrogens with one attached hydrogen (secondary N) is 2. The zero-order chi connectivity index (χ0) is 16.3. The van der Waals surface area contributed by atoms with Crippen LogP contribution in [-0.2, 0) is 0 Å². The van der Waals surface area contributed by atoms with Crippen molar-refractivity contribution in [3.05, 3.63) is 35.0 Å². The number of fused-ring (bicyclic) bond motifs is 1. The molecule has 1 aromatic heterocycles. The highest BCUT2D eigenvalue weighted by molar-refractivity contribution is 6.35. The minimum Gasteiger partial charge on any atom is -0.370 e. The van der Waals surface area contributed by atoms with E-state index in [-0.39, 0.29) is 11.9 Å². The lowest BCUT2D eigenvalue weighted by molar-refractivity contribution is 0.0837. The molecule has 0 saturated carbocycles. The maximum atomic E-state index is 12.6. The third kappa shape index (κ3) is 3.58. The number of carbonyl (C=O) groups is 1. The molecule has 1 heterocycles. The number of guanidine groups is 1. The highest BCUT2D eigenvalue weighted by Gasteiger charge is 2.20. The summed E-state index contributed by atoms with van der Waals surface area (Å²) in [6, 6.07) is 7.13. The monoisotopic (exact) mass is 321 g/mol. The SMILES string of the molecule is CN(C)CCCN(C(=N)N)C(=O)c1cc2c(Cl)cccc2[nH]1. The first-order valence-electron chi connectivity index (χ1n) is 6.98. The Kier molecular flexibility index (Phi) is 5.05. The van der Waals surface area contributed by atoms with Crippen LogP contribution in [0.2, 0.25) is 5.02 Å². The van der Waals surface area contributed by atoms with Crippen LogP contribution in [0.3, 0.4) is 0 Å². The fourth-order valence-electron chi connectivity index (χ4n) is 2.26. The molecule has 0 aliphatic carbocycles. The standard InChI is InChI=1S/C15H20ClN5O/c1-20(2)7-4-8-21(15(17)18)14(22)13-9-10-11(16)5-3-6-12(10)19-13/h3,5-6,9,19H,4,7-8H2,1-2H3,(H3,17,18). The van der Waals surface area contributed by atoms with Crippen LogP contribution in [0.25, 0.3) is 10.9 Å². The molecule has 2 rings (SSSR count). The summed E-state index contributed by atoms with van der Waals surface area (Å²) in [5.74, 6) is -0.577. The molecule has 0 aliphatic heterocycles. The van der Waals surface area contributed by atoms with Crippen molar-refractivity contribution in [3.63, 3.8) is 0 Å². The molecule has 0 spiro atoms. The van der Waals surface area contributed by atoms with Gasteiger partial charge >= 0.3 is 0 Å². The van der Waals surface area contributed by atoms with Gasteiger partial charge in [0.2, 0.25) is 0 Å². The maximum Gasteiger partial charge on any atom is 0.276 e. The largest absolute Gasteiger partial charge is 0.370 e. The molecule has 0 radical (unpaired) electrons. The number of nitrogens with two attached hydrogens (primary N) is 1. The normalized spacial score (nSPS) is 11.1. The van der Waals surface area contributed by atoms with E-state index >= 15 is 0 Å². The van der Waals surface area contributed by atoms with Gasteiger partial charge < -0.3 is 15.6 Å². The predicted octanol–water partition coefficient (Wildman–Crippen LogP) is 2.11. The minimum atomic E-state index is -0.321. The molecule has 0 atom stereocenters. The van der Waals surface area contributed by atoms with Gasteiger partial charge in [-0.25, -0.2) is 0 Å². The van der Waals surface area contributed by atoms with E-state index in [0.29, 0.717) is 17.3 Å². The van der Waals surface area contributed by atoms with E-state index < -0.39 is 0 Å². The molecule has 4 N–H and O–H groups in total. The Labute approximate surface area is 134 Å².